The fraction of sp³-hybridized carbons (Fsp3) is 0.350. The van der Waals surface area contributed by atoms with Gasteiger partial charge < -0.3 is 10.6 Å². The number of anilines is 1. The van der Waals surface area contributed by atoms with Gasteiger partial charge in [0.25, 0.3) is 11.6 Å². The van der Waals surface area contributed by atoms with Crippen molar-refractivity contribution in [3.8, 4) is 0 Å². The molecule has 0 radical (unpaired) electrons. The Bertz CT molecular complexity index is 796. The fourth-order valence-electron chi connectivity index (χ4n) is 3.23. The lowest BCUT2D eigenvalue weighted by Crippen LogP contribution is -2.25. The largest absolute Gasteiger partial charge is 0.382 e. The smallest absolute Gasteiger partial charge is 0.270 e. The van der Waals surface area contributed by atoms with Gasteiger partial charge in [0.15, 0.2) is 0 Å². The third kappa shape index (κ3) is 4.39. The zero-order valence-electron chi connectivity index (χ0n) is 14.8. The van der Waals surface area contributed by atoms with Gasteiger partial charge in [0.1, 0.15) is 0 Å². The molecule has 1 saturated carbocycles. The van der Waals surface area contributed by atoms with Crippen molar-refractivity contribution in [2.45, 2.75) is 45.2 Å². The minimum atomic E-state index is -0.476. The van der Waals surface area contributed by atoms with Gasteiger partial charge in [0, 0.05) is 30.4 Å². The molecular weight excluding hydrogens is 330 g/mol. The average Bonchev–Trinajstić information content (AvgIpc) is 3.14. The van der Waals surface area contributed by atoms with E-state index in [0.29, 0.717) is 23.8 Å². The highest BCUT2D eigenvalue weighted by molar-refractivity contribution is 6.00. The molecule has 0 heterocycles. The van der Waals surface area contributed by atoms with E-state index < -0.39 is 4.92 Å². The minimum absolute atomic E-state index is 0.0811. The number of hydrogen-bond donors (Lipinski definition) is 2. The van der Waals surface area contributed by atoms with Crippen molar-refractivity contribution < 1.29 is 9.72 Å². The Morgan fingerprint density at radius 1 is 1.15 bits per heavy atom. The molecule has 136 valence electrons. The lowest BCUT2D eigenvalue weighted by Gasteiger charge is -2.17. The summed E-state index contributed by atoms with van der Waals surface area (Å²) in [6.07, 6.45) is 4.45. The van der Waals surface area contributed by atoms with E-state index in [9.17, 15) is 14.9 Å². The molecule has 1 fully saturated rings. The lowest BCUT2D eigenvalue weighted by molar-refractivity contribution is -0.384. The summed E-state index contributed by atoms with van der Waals surface area (Å²) in [5, 5.41) is 17.3. The number of rotatable bonds is 6. The number of nitrogens with one attached hydrogen (secondary N) is 2. The van der Waals surface area contributed by atoms with Gasteiger partial charge in [0.05, 0.1) is 10.5 Å². The van der Waals surface area contributed by atoms with Crippen molar-refractivity contribution in [2.24, 2.45) is 0 Å². The maximum atomic E-state index is 12.7. The van der Waals surface area contributed by atoms with Gasteiger partial charge in [-0.1, -0.05) is 42.7 Å². The Balaban J connectivity index is 1.77. The number of amides is 1. The van der Waals surface area contributed by atoms with E-state index in [1.54, 1.807) is 6.07 Å². The van der Waals surface area contributed by atoms with Gasteiger partial charge >= 0.3 is 0 Å². The Morgan fingerprint density at radius 2 is 1.85 bits per heavy atom. The summed E-state index contributed by atoms with van der Waals surface area (Å²) in [7, 11) is 0. The first-order chi connectivity index (χ1) is 12.5. The summed E-state index contributed by atoms with van der Waals surface area (Å²) >= 11 is 0. The minimum Gasteiger partial charge on any atom is -0.382 e. The number of carbonyl (C=O) groups is 1. The number of nitrogens with zero attached hydrogens (tertiary/aromatic N) is 1. The maximum Gasteiger partial charge on any atom is 0.270 e. The van der Waals surface area contributed by atoms with Crippen LogP contribution in [0, 0.1) is 17.0 Å². The number of nitro groups is 1. The standard InChI is InChI=1S/C20H23N3O3/c1-14-6-8-15(9-7-14)13-21-20(24)18-12-17(23(25)26)10-11-19(18)22-16-4-2-3-5-16/h6-12,16,22H,2-5,13H2,1H3,(H,21,24). The normalized spacial score (nSPS) is 14.2. The second-order valence-electron chi connectivity index (χ2n) is 6.78. The molecule has 1 amide bonds. The van der Waals surface area contributed by atoms with Crippen LogP contribution in [0.2, 0.25) is 0 Å². The quantitative estimate of drug-likeness (QED) is 0.602. The number of hydrogen-bond acceptors (Lipinski definition) is 4. The summed E-state index contributed by atoms with van der Waals surface area (Å²) < 4.78 is 0. The zero-order valence-corrected chi connectivity index (χ0v) is 14.8. The fourth-order valence-corrected chi connectivity index (χ4v) is 3.23. The molecule has 2 N–H and O–H groups in total. The van der Waals surface area contributed by atoms with E-state index in [4.69, 9.17) is 0 Å². The third-order valence-electron chi connectivity index (χ3n) is 4.75. The van der Waals surface area contributed by atoms with E-state index in [2.05, 4.69) is 10.6 Å². The maximum absolute atomic E-state index is 12.7. The number of aryl methyl sites for hydroxylation is 1. The predicted octanol–water partition coefficient (Wildman–Crippen LogP) is 4.19. The van der Waals surface area contributed by atoms with Crippen LogP contribution in [0.4, 0.5) is 11.4 Å². The van der Waals surface area contributed by atoms with E-state index in [0.717, 1.165) is 24.0 Å². The van der Waals surface area contributed by atoms with Crippen molar-refractivity contribution in [2.75, 3.05) is 5.32 Å². The van der Waals surface area contributed by atoms with E-state index in [1.165, 1.54) is 25.0 Å². The van der Waals surface area contributed by atoms with E-state index in [1.807, 2.05) is 31.2 Å². The first kappa shape index (κ1) is 17.9. The molecule has 0 aliphatic heterocycles. The van der Waals surface area contributed by atoms with Crippen LogP contribution in [0.15, 0.2) is 42.5 Å². The molecule has 0 aromatic heterocycles. The van der Waals surface area contributed by atoms with Gasteiger partial charge in [-0.25, -0.2) is 0 Å². The average molecular weight is 353 g/mol. The molecule has 0 unspecified atom stereocenters. The lowest BCUT2D eigenvalue weighted by atomic mass is 10.1. The highest BCUT2D eigenvalue weighted by atomic mass is 16.6. The second kappa shape index (κ2) is 7.99. The van der Waals surface area contributed by atoms with E-state index in [-0.39, 0.29) is 11.6 Å². The summed E-state index contributed by atoms with van der Waals surface area (Å²) in [6.45, 7) is 2.39. The van der Waals surface area contributed by atoms with Crippen molar-refractivity contribution in [3.05, 3.63) is 69.3 Å². The highest BCUT2D eigenvalue weighted by Crippen LogP contribution is 2.27. The number of benzene rings is 2. The van der Waals surface area contributed by atoms with Crippen LogP contribution >= 0.6 is 0 Å². The van der Waals surface area contributed by atoms with Crippen LogP contribution in [-0.4, -0.2) is 16.9 Å². The Kier molecular flexibility index (Phi) is 5.51. The van der Waals surface area contributed by atoms with Crippen LogP contribution < -0.4 is 10.6 Å². The zero-order chi connectivity index (χ0) is 18.5. The highest BCUT2D eigenvalue weighted by Gasteiger charge is 2.20. The first-order valence-electron chi connectivity index (χ1n) is 8.91. The molecule has 1 aliphatic rings. The molecule has 2 aromatic carbocycles. The van der Waals surface area contributed by atoms with Crippen LogP contribution in [0.5, 0.6) is 0 Å². The summed E-state index contributed by atoms with van der Waals surface area (Å²) in [4.78, 5) is 23.3. The Hall–Kier alpha value is -2.89. The number of carbonyl (C=O) groups excluding carboxylic acids is 1. The third-order valence-corrected chi connectivity index (χ3v) is 4.75. The first-order valence-corrected chi connectivity index (χ1v) is 8.91. The topological polar surface area (TPSA) is 84.3 Å². The number of non-ortho nitro benzene ring substituents is 1. The van der Waals surface area contributed by atoms with Crippen molar-refractivity contribution >= 4 is 17.3 Å². The Labute approximate surface area is 152 Å². The molecule has 0 saturated heterocycles. The second-order valence-corrected chi connectivity index (χ2v) is 6.78. The van der Waals surface area contributed by atoms with Gasteiger partial charge in [-0.15, -0.1) is 0 Å². The molecule has 0 spiro atoms. The number of nitro benzene ring substituents is 1. The van der Waals surface area contributed by atoms with Crippen molar-refractivity contribution in [3.63, 3.8) is 0 Å². The molecule has 2 aromatic rings. The Morgan fingerprint density at radius 3 is 2.50 bits per heavy atom. The molecule has 3 rings (SSSR count). The molecule has 6 nitrogen and oxygen atoms in total. The molecule has 26 heavy (non-hydrogen) atoms. The monoisotopic (exact) mass is 353 g/mol. The van der Waals surface area contributed by atoms with Gasteiger partial charge in [-0.05, 0) is 31.4 Å². The van der Waals surface area contributed by atoms with Crippen LogP contribution in [0.25, 0.3) is 0 Å². The van der Waals surface area contributed by atoms with Crippen molar-refractivity contribution in [1.29, 1.82) is 0 Å². The molecule has 0 atom stereocenters. The summed E-state index contributed by atoms with van der Waals surface area (Å²) in [5.74, 6) is -0.310. The van der Waals surface area contributed by atoms with Crippen LogP contribution in [0.3, 0.4) is 0 Å². The predicted molar refractivity (Wildman–Crippen MR) is 101 cm³/mol. The van der Waals surface area contributed by atoms with Gasteiger partial charge in [-0.2, -0.15) is 0 Å². The summed E-state index contributed by atoms with van der Waals surface area (Å²) in [5.41, 5.74) is 3.03. The SMILES string of the molecule is Cc1ccc(CNC(=O)c2cc([N+](=O)[O-])ccc2NC2CCCC2)cc1. The van der Waals surface area contributed by atoms with Crippen LogP contribution in [-0.2, 0) is 6.54 Å². The van der Waals surface area contributed by atoms with Gasteiger partial charge in [-0.3, -0.25) is 14.9 Å². The molecule has 0 bridgehead atoms. The van der Waals surface area contributed by atoms with Crippen molar-refractivity contribution in [1.82, 2.24) is 5.32 Å². The summed E-state index contributed by atoms with van der Waals surface area (Å²) in [6, 6.07) is 12.6. The molecule has 1 aliphatic carbocycles. The van der Waals surface area contributed by atoms with E-state index >= 15 is 0 Å². The molecule has 6 heteroatoms. The van der Waals surface area contributed by atoms with Crippen LogP contribution in [0.1, 0.15) is 47.2 Å². The van der Waals surface area contributed by atoms with Gasteiger partial charge in [0.2, 0.25) is 0 Å². The molecular formula is C20H23N3O3.